The van der Waals surface area contributed by atoms with Gasteiger partial charge >= 0.3 is 12.1 Å². The summed E-state index contributed by atoms with van der Waals surface area (Å²) in [5, 5.41) is 13.9. The van der Waals surface area contributed by atoms with Crippen LogP contribution in [0.3, 0.4) is 0 Å². The molecule has 1 aliphatic carbocycles. The molecule has 0 saturated heterocycles. The minimum Gasteiger partial charge on any atom is -0.471 e. The van der Waals surface area contributed by atoms with Gasteiger partial charge in [0.1, 0.15) is 23.9 Å². The van der Waals surface area contributed by atoms with Gasteiger partial charge in [0.25, 0.3) is 0 Å². The molecule has 224 valence electrons. The number of aryl methyl sites for hydroxylation is 2. The summed E-state index contributed by atoms with van der Waals surface area (Å²) in [5.74, 6) is 0.422. The van der Waals surface area contributed by atoms with E-state index in [0.29, 0.717) is 23.8 Å². The van der Waals surface area contributed by atoms with Gasteiger partial charge < -0.3 is 23.9 Å². The second-order valence-corrected chi connectivity index (χ2v) is 10.3. The molecule has 3 aromatic heterocycles. The molecule has 1 amide bonds. The molecule has 3 heterocycles. The molecule has 0 aliphatic heterocycles. The van der Waals surface area contributed by atoms with E-state index in [1.165, 1.54) is 18.4 Å². The lowest BCUT2D eigenvalue weighted by molar-refractivity contribution is 0.0510. The van der Waals surface area contributed by atoms with Crippen molar-refractivity contribution in [3.8, 4) is 5.88 Å². The summed E-state index contributed by atoms with van der Waals surface area (Å²) in [6.45, 7) is 8.20. The molecule has 1 fully saturated rings. The fourth-order valence-corrected chi connectivity index (χ4v) is 4.75. The van der Waals surface area contributed by atoms with Crippen LogP contribution in [-0.4, -0.2) is 50.5 Å². The largest absolute Gasteiger partial charge is 0.471 e. The molecule has 1 saturated carbocycles. The second-order valence-electron chi connectivity index (χ2n) is 10.3. The first-order valence-electron chi connectivity index (χ1n) is 14.3. The molecule has 1 aromatic carbocycles. The Morgan fingerprint density at radius 2 is 1.74 bits per heavy atom. The molecule has 12 heteroatoms. The van der Waals surface area contributed by atoms with E-state index in [1.54, 1.807) is 19.9 Å². The van der Waals surface area contributed by atoms with Crippen molar-refractivity contribution in [2.45, 2.75) is 59.6 Å². The van der Waals surface area contributed by atoms with E-state index < -0.39 is 12.1 Å². The number of alkyl carbamates (subject to hydrolysis) is 1. The summed E-state index contributed by atoms with van der Waals surface area (Å²) < 4.78 is 18.0. The summed E-state index contributed by atoms with van der Waals surface area (Å²) in [5.41, 5.74) is 6.23. The molecule has 3 N–H and O–H groups in total. The number of ether oxygens (including phenoxy) is 3. The molecule has 0 bridgehead atoms. The van der Waals surface area contributed by atoms with Crippen molar-refractivity contribution < 1.29 is 23.8 Å². The van der Waals surface area contributed by atoms with Crippen LogP contribution in [0.15, 0.2) is 42.7 Å². The van der Waals surface area contributed by atoms with Crippen LogP contribution in [-0.2, 0) is 22.6 Å². The number of nitrogens with zero attached hydrogens (tertiary/aromatic N) is 4. The zero-order valence-corrected chi connectivity index (χ0v) is 24.7. The molecule has 0 spiro atoms. The zero-order chi connectivity index (χ0) is 30.5. The minimum atomic E-state index is -0.670. The summed E-state index contributed by atoms with van der Waals surface area (Å²) in [4.78, 5) is 37.5. The number of rotatable bonds is 11. The zero-order valence-electron chi connectivity index (χ0n) is 24.7. The van der Waals surface area contributed by atoms with E-state index in [9.17, 15) is 9.59 Å². The van der Waals surface area contributed by atoms with Crippen molar-refractivity contribution in [3.05, 3.63) is 82.1 Å². The molecule has 0 atom stereocenters. The lowest BCUT2D eigenvalue weighted by Crippen LogP contribution is -2.31. The van der Waals surface area contributed by atoms with Gasteiger partial charge in [0, 0.05) is 30.6 Å². The highest BCUT2D eigenvalue weighted by molar-refractivity contribution is 6.04. The molecular weight excluding hydrogens is 550 g/mol. The number of imidazole rings is 1. The van der Waals surface area contributed by atoms with Crippen molar-refractivity contribution >= 4 is 29.4 Å². The maximum atomic E-state index is 12.5. The predicted octanol–water partition coefficient (Wildman–Crippen LogP) is 5.06. The Kier molecular flexibility index (Phi) is 8.84. The Bertz CT molecular complexity index is 1660. The standard InChI is InChI=1S/C31H35N7O5/c1-5-41-30(39)29-35-25(33-14-24-18(3)11-22(12-19(24)4)28(32)37-31(40)42-6-2)13-27(36-29)43-17-23-16-38-15-21(20-7-8-20)9-10-26(38)34-23/h9-13,15-16,20H,5-8,14,17H2,1-4H3,(H2,32,37,40)(H,33,35,36). The summed E-state index contributed by atoms with van der Waals surface area (Å²) in [6, 6.07) is 9.40. The number of fused-ring (bicyclic) bond motifs is 1. The number of nitrogens with one attached hydrogen (secondary N) is 3. The number of amidine groups is 1. The van der Waals surface area contributed by atoms with Crippen LogP contribution in [0.1, 0.15) is 76.7 Å². The van der Waals surface area contributed by atoms with E-state index in [-0.39, 0.29) is 37.4 Å². The van der Waals surface area contributed by atoms with Crippen LogP contribution < -0.4 is 15.4 Å². The Hall–Kier alpha value is -5.00. The third-order valence-electron chi connectivity index (χ3n) is 7.03. The SMILES string of the molecule is CCOC(=O)NC(=N)c1cc(C)c(CNc2cc(OCc3cn4cc(C5CC5)ccc4n3)nc(C(=O)OCC)n2)c(C)c1. The van der Waals surface area contributed by atoms with Crippen molar-refractivity contribution in [1.82, 2.24) is 24.7 Å². The first kappa shape index (κ1) is 29.5. The van der Waals surface area contributed by atoms with Crippen LogP contribution in [0.2, 0.25) is 0 Å². The highest BCUT2D eigenvalue weighted by atomic mass is 16.5. The molecular formula is C31H35N7O5. The lowest BCUT2D eigenvalue weighted by atomic mass is 9.98. The number of amides is 1. The van der Waals surface area contributed by atoms with Crippen molar-refractivity contribution in [1.29, 1.82) is 5.41 Å². The van der Waals surface area contributed by atoms with Crippen LogP contribution in [0.5, 0.6) is 5.88 Å². The van der Waals surface area contributed by atoms with Gasteiger partial charge in [-0.05, 0) is 86.9 Å². The number of aromatic nitrogens is 4. The van der Waals surface area contributed by atoms with Crippen LogP contribution in [0.25, 0.3) is 5.65 Å². The number of hydrogen-bond acceptors (Lipinski definition) is 10. The van der Waals surface area contributed by atoms with Gasteiger partial charge in [0.15, 0.2) is 0 Å². The molecule has 1 aliphatic rings. The highest BCUT2D eigenvalue weighted by Crippen LogP contribution is 2.39. The molecule has 5 rings (SSSR count). The number of pyridine rings is 1. The summed E-state index contributed by atoms with van der Waals surface area (Å²) in [6.07, 6.45) is 5.84. The van der Waals surface area contributed by atoms with Gasteiger partial charge in [-0.25, -0.2) is 19.6 Å². The van der Waals surface area contributed by atoms with Gasteiger partial charge in [-0.15, -0.1) is 0 Å². The number of carbonyl (C=O) groups is 2. The fraction of sp³-hybridized carbons (Fsp3) is 0.355. The Morgan fingerprint density at radius 3 is 2.44 bits per heavy atom. The van der Waals surface area contributed by atoms with E-state index in [1.807, 2.05) is 42.6 Å². The summed E-state index contributed by atoms with van der Waals surface area (Å²) in [7, 11) is 0. The quantitative estimate of drug-likeness (QED) is 0.125. The first-order valence-corrected chi connectivity index (χ1v) is 14.3. The smallest absolute Gasteiger partial charge is 0.412 e. The van der Waals surface area contributed by atoms with Crippen LogP contribution in [0.4, 0.5) is 10.6 Å². The number of anilines is 1. The number of esters is 1. The molecule has 0 radical (unpaired) electrons. The van der Waals surface area contributed by atoms with E-state index in [2.05, 4.69) is 37.8 Å². The molecule has 0 unspecified atom stereocenters. The number of hydrogen-bond donors (Lipinski definition) is 3. The lowest BCUT2D eigenvalue weighted by Gasteiger charge is -2.15. The van der Waals surface area contributed by atoms with Crippen molar-refractivity contribution in [3.63, 3.8) is 0 Å². The monoisotopic (exact) mass is 585 g/mol. The second kappa shape index (κ2) is 12.9. The van der Waals surface area contributed by atoms with Crippen LogP contribution >= 0.6 is 0 Å². The van der Waals surface area contributed by atoms with Gasteiger partial charge in [0.2, 0.25) is 11.7 Å². The van der Waals surface area contributed by atoms with Gasteiger partial charge in [-0.3, -0.25) is 10.7 Å². The van der Waals surface area contributed by atoms with Gasteiger partial charge in [-0.1, -0.05) is 6.07 Å². The maximum Gasteiger partial charge on any atom is 0.412 e. The molecule has 12 nitrogen and oxygen atoms in total. The molecule has 43 heavy (non-hydrogen) atoms. The van der Waals surface area contributed by atoms with Crippen molar-refractivity contribution in [2.75, 3.05) is 18.5 Å². The maximum absolute atomic E-state index is 12.5. The minimum absolute atomic E-state index is 0.0465. The first-order chi connectivity index (χ1) is 20.7. The average molecular weight is 586 g/mol. The third-order valence-corrected chi connectivity index (χ3v) is 7.03. The fourth-order valence-electron chi connectivity index (χ4n) is 4.75. The highest BCUT2D eigenvalue weighted by Gasteiger charge is 2.24. The topological polar surface area (TPSA) is 153 Å². The Labute approximate surface area is 249 Å². The normalized spacial score (nSPS) is 12.6. The van der Waals surface area contributed by atoms with E-state index in [4.69, 9.17) is 19.6 Å². The number of benzene rings is 1. The van der Waals surface area contributed by atoms with Crippen molar-refractivity contribution in [2.24, 2.45) is 0 Å². The van der Waals surface area contributed by atoms with Gasteiger partial charge in [-0.2, -0.15) is 4.98 Å². The number of carbonyl (C=O) groups excluding carboxylic acids is 2. The summed E-state index contributed by atoms with van der Waals surface area (Å²) >= 11 is 0. The van der Waals surface area contributed by atoms with E-state index in [0.717, 1.165) is 28.0 Å². The van der Waals surface area contributed by atoms with E-state index >= 15 is 0 Å². The third kappa shape index (κ3) is 7.26. The van der Waals surface area contributed by atoms with Crippen LogP contribution in [0, 0.1) is 19.3 Å². The Morgan fingerprint density at radius 1 is 1.00 bits per heavy atom. The van der Waals surface area contributed by atoms with Gasteiger partial charge in [0.05, 0.1) is 18.9 Å². The average Bonchev–Trinajstić information content (AvgIpc) is 3.74. The predicted molar refractivity (Wildman–Crippen MR) is 160 cm³/mol. The molecule has 4 aromatic rings. The Balaban J connectivity index is 1.30.